The molecule has 1 saturated heterocycles. The lowest BCUT2D eigenvalue weighted by Crippen LogP contribution is -2.59. The molecule has 0 amide bonds. The van der Waals surface area contributed by atoms with E-state index in [2.05, 4.69) is 62.5 Å². The minimum Gasteiger partial charge on any atom is -0.457 e. The van der Waals surface area contributed by atoms with Gasteiger partial charge in [-0.2, -0.15) is 0 Å². The topological polar surface area (TPSA) is 135 Å². The monoisotopic (exact) mass is 877 g/mol. The maximum atomic E-state index is 12.8. The fourth-order valence-electron chi connectivity index (χ4n) is 7.78. The van der Waals surface area contributed by atoms with Gasteiger partial charge < -0.3 is 39.4 Å². The van der Waals surface area contributed by atoms with Crippen LogP contribution in [0, 0.1) is 0 Å². The van der Waals surface area contributed by atoms with Crippen LogP contribution in [0.1, 0.15) is 219 Å². The summed E-state index contributed by atoms with van der Waals surface area (Å²) in [6.07, 6.45) is 48.5. The van der Waals surface area contributed by atoms with E-state index in [9.17, 15) is 25.2 Å². The molecule has 6 unspecified atom stereocenters. The minimum absolute atomic E-state index is 0.115. The number of esters is 1. The molecule has 62 heavy (non-hydrogen) atoms. The normalized spacial score (nSPS) is 20.1. The minimum atomic E-state index is -1.54. The Morgan fingerprint density at radius 3 is 1.48 bits per heavy atom. The first-order valence-corrected chi connectivity index (χ1v) is 25.7. The van der Waals surface area contributed by atoms with Crippen LogP contribution in [0.15, 0.2) is 48.6 Å². The van der Waals surface area contributed by atoms with E-state index >= 15 is 0 Å². The van der Waals surface area contributed by atoms with Crippen molar-refractivity contribution in [3.63, 3.8) is 0 Å². The molecule has 1 aliphatic rings. The van der Waals surface area contributed by atoms with Gasteiger partial charge in [-0.15, -0.1) is 0 Å². The Kier molecular flexibility index (Phi) is 41.6. The van der Waals surface area contributed by atoms with E-state index in [-0.39, 0.29) is 19.2 Å². The van der Waals surface area contributed by atoms with Crippen molar-refractivity contribution in [1.82, 2.24) is 0 Å². The Hall–Kier alpha value is -1.85. The number of unbranched alkanes of at least 4 members (excludes halogenated alkanes) is 25. The van der Waals surface area contributed by atoms with E-state index in [1.807, 2.05) is 0 Å². The van der Waals surface area contributed by atoms with Gasteiger partial charge in [0, 0.05) is 13.0 Å². The summed E-state index contributed by atoms with van der Waals surface area (Å²) in [5.74, 6) is -0.319. The van der Waals surface area contributed by atoms with Gasteiger partial charge in [-0.05, 0) is 51.4 Å². The summed E-state index contributed by atoms with van der Waals surface area (Å²) < 4.78 is 22.9. The van der Waals surface area contributed by atoms with Crippen molar-refractivity contribution in [2.45, 2.75) is 256 Å². The summed E-state index contributed by atoms with van der Waals surface area (Å²) in [7, 11) is 0. The Balaban J connectivity index is 2.21. The van der Waals surface area contributed by atoms with Crippen molar-refractivity contribution in [1.29, 1.82) is 0 Å². The average Bonchev–Trinajstić information content (AvgIpc) is 3.27. The average molecular weight is 877 g/mol. The summed E-state index contributed by atoms with van der Waals surface area (Å²) in [4.78, 5) is 12.8. The third-order valence-corrected chi connectivity index (χ3v) is 11.8. The first kappa shape index (κ1) is 58.2. The van der Waals surface area contributed by atoms with Crippen molar-refractivity contribution in [3.8, 4) is 0 Å². The number of rotatable bonds is 44. The van der Waals surface area contributed by atoms with Crippen molar-refractivity contribution in [2.75, 3.05) is 26.4 Å². The molecule has 1 heterocycles. The van der Waals surface area contributed by atoms with E-state index in [0.717, 1.165) is 64.2 Å². The number of allylic oxidation sites excluding steroid dienone is 8. The van der Waals surface area contributed by atoms with E-state index < -0.39 is 43.4 Å². The van der Waals surface area contributed by atoms with Crippen molar-refractivity contribution < 1.29 is 44.2 Å². The van der Waals surface area contributed by atoms with Gasteiger partial charge >= 0.3 is 5.97 Å². The summed E-state index contributed by atoms with van der Waals surface area (Å²) in [5.41, 5.74) is 0. The lowest BCUT2D eigenvalue weighted by Gasteiger charge is -2.39. The molecule has 6 atom stereocenters. The maximum absolute atomic E-state index is 12.8. The van der Waals surface area contributed by atoms with Gasteiger partial charge in [0.1, 0.15) is 30.5 Å². The summed E-state index contributed by atoms with van der Waals surface area (Å²) in [6, 6.07) is 0. The zero-order valence-electron chi connectivity index (χ0n) is 39.9. The highest BCUT2D eigenvalue weighted by atomic mass is 16.7. The maximum Gasteiger partial charge on any atom is 0.306 e. The van der Waals surface area contributed by atoms with Gasteiger partial charge in [-0.25, -0.2) is 0 Å². The number of carbonyl (C=O) groups is 1. The molecule has 0 bridgehead atoms. The van der Waals surface area contributed by atoms with Gasteiger partial charge in [0.25, 0.3) is 0 Å². The molecule has 4 N–H and O–H groups in total. The number of hydrogen-bond donors (Lipinski definition) is 4. The first-order chi connectivity index (χ1) is 30.4. The number of aliphatic hydroxyl groups is 4. The summed E-state index contributed by atoms with van der Waals surface area (Å²) in [6.45, 7) is 4.47. The zero-order chi connectivity index (χ0) is 45.0. The van der Waals surface area contributed by atoms with Crippen LogP contribution >= 0.6 is 0 Å². The molecule has 1 rings (SSSR count). The van der Waals surface area contributed by atoms with Gasteiger partial charge in [-0.3, -0.25) is 4.79 Å². The molecule has 0 aromatic rings. The molecule has 0 aliphatic carbocycles. The van der Waals surface area contributed by atoms with Crippen molar-refractivity contribution >= 4 is 5.97 Å². The van der Waals surface area contributed by atoms with E-state index in [0.29, 0.717) is 13.0 Å². The molecule has 0 aromatic carbocycles. The predicted molar refractivity (Wildman–Crippen MR) is 256 cm³/mol. The molecular weight excluding hydrogens is 781 g/mol. The Bertz CT molecular complexity index is 1090. The highest BCUT2D eigenvalue weighted by Gasteiger charge is 2.44. The summed E-state index contributed by atoms with van der Waals surface area (Å²) >= 11 is 0. The third-order valence-electron chi connectivity index (χ3n) is 11.8. The molecule has 9 heteroatoms. The molecule has 0 saturated carbocycles. The molecule has 0 aromatic heterocycles. The number of aliphatic hydroxyl groups excluding tert-OH is 4. The second kappa shape index (κ2) is 44.4. The number of ether oxygens (including phenoxy) is 4. The molecule has 362 valence electrons. The Labute approximate surface area is 380 Å². The largest absolute Gasteiger partial charge is 0.457 e. The zero-order valence-corrected chi connectivity index (χ0v) is 39.9. The van der Waals surface area contributed by atoms with Crippen LogP contribution in [0.2, 0.25) is 0 Å². The number of hydrogen-bond acceptors (Lipinski definition) is 9. The molecule has 0 radical (unpaired) electrons. The van der Waals surface area contributed by atoms with Crippen LogP contribution < -0.4 is 0 Å². The number of carbonyl (C=O) groups excluding carboxylic acids is 1. The fraction of sp³-hybridized carbons (Fsp3) is 0.830. The van der Waals surface area contributed by atoms with Gasteiger partial charge in [0.15, 0.2) is 6.29 Å². The molecule has 0 spiro atoms. The van der Waals surface area contributed by atoms with Gasteiger partial charge in [0.2, 0.25) is 0 Å². The molecule has 1 fully saturated rings. The third kappa shape index (κ3) is 34.5. The molecule has 9 nitrogen and oxygen atoms in total. The van der Waals surface area contributed by atoms with Gasteiger partial charge in [-0.1, -0.05) is 210 Å². The van der Waals surface area contributed by atoms with E-state index in [1.165, 1.54) is 135 Å². The highest BCUT2D eigenvalue weighted by Crippen LogP contribution is 2.23. The van der Waals surface area contributed by atoms with Gasteiger partial charge in [0.05, 0.1) is 19.8 Å². The fourth-order valence-corrected chi connectivity index (χ4v) is 7.78. The second-order valence-corrected chi connectivity index (χ2v) is 17.6. The van der Waals surface area contributed by atoms with E-state index in [4.69, 9.17) is 18.9 Å². The Morgan fingerprint density at radius 1 is 0.532 bits per heavy atom. The van der Waals surface area contributed by atoms with E-state index in [1.54, 1.807) is 0 Å². The van der Waals surface area contributed by atoms with Crippen LogP contribution in [0.5, 0.6) is 0 Å². The standard InChI is InChI=1S/C53H96O9/c1-3-5-7-9-11-13-15-17-19-21-23-24-25-26-28-30-32-34-36-38-40-42-49(55)61-47(46-60-53-52(58)51(57)50(56)48(44-54)62-53)45-59-43-41-39-37-35-33-31-29-27-22-20-18-16-14-12-10-8-6-4-2/h5,7,11,13,17,19,23-24,47-48,50-54,56-58H,3-4,6,8-10,12,14-16,18,20-22,25-46H2,1-2H3/b7-5-,13-11-,19-17-,24-23-. The van der Waals surface area contributed by atoms with Crippen LogP contribution in [0.4, 0.5) is 0 Å². The lowest BCUT2D eigenvalue weighted by molar-refractivity contribution is -0.305. The van der Waals surface area contributed by atoms with Crippen LogP contribution in [0.25, 0.3) is 0 Å². The van der Waals surface area contributed by atoms with Crippen LogP contribution in [0.3, 0.4) is 0 Å². The molecular formula is C53H96O9. The quantitative estimate of drug-likeness (QED) is 0.0268. The lowest BCUT2D eigenvalue weighted by atomic mass is 9.99. The predicted octanol–water partition coefficient (Wildman–Crippen LogP) is 12.5. The van der Waals surface area contributed by atoms with Crippen molar-refractivity contribution in [3.05, 3.63) is 48.6 Å². The van der Waals surface area contributed by atoms with Crippen LogP contribution in [-0.4, -0.2) is 89.6 Å². The smallest absolute Gasteiger partial charge is 0.306 e. The van der Waals surface area contributed by atoms with Crippen molar-refractivity contribution in [2.24, 2.45) is 0 Å². The SMILES string of the molecule is CC/C=C\C/C=C\C/C=C\C/C=C\CCCCCCCCCCC(=O)OC(COCCCCCCCCCCCCCCCCCCCC)COC1OC(CO)C(O)C(O)C1O. The Morgan fingerprint density at radius 2 is 0.984 bits per heavy atom. The van der Waals surface area contributed by atoms with Crippen LogP contribution in [-0.2, 0) is 23.7 Å². The second-order valence-electron chi connectivity index (χ2n) is 17.6. The molecule has 1 aliphatic heterocycles. The first-order valence-electron chi connectivity index (χ1n) is 25.7. The summed E-state index contributed by atoms with van der Waals surface area (Å²) in [5, 5.41) is 40.2. The highest BCUT2D eigenvalue weighted by molar-refractivity contribution is 5.69.